The lowest BCUT2D eigenvalue weighted by Gasteiger charge is -2.34. The highest BCUT2D eigenvalue weighted by molar-refractivity contribution is 6.35. The van der Waals surface area contributed by atoms with E-state index in [1.165, 1.54) is 0 Å². The van der Waals surface area contributed by atoms with Crippen LogP contribution >= 0.6 is 11.6 Å². The number of fused-ring (bicyclic) bond motifs is 5. The fourth-order valence-corrected chi connectivity index (χ4v) is 8.55. The first-order valence-electron chi connectivity index (χ1n) is 15.7. The summed E-state index contributed by atoms with van der Waals surface area (Å²) in [4.78, 5) is 14.0. The van der Waals surface area contributed by atoms with Gasteiger partial charge in [-0.15, -0.1) is 0 Å². The third kappa shape index (κ3) is 4.56. The van der Waals surface area contributed by atoms with Crippen LogP contribution in [-0.2, 0) is 6.42 Å². The predicted molar refractivity (Wildman–Crippen MR) is 168 cm³/mol. The fraction of sp³-hybridized carbons (Fsp3) is 0.471. The number of benzene rings is 3. The summed E-state index contributed by atoms with van der Waals surface area (Å²) < 4.78 is 37.7. The normalized spacial score (nSPS) is 27.0. The Kier molecular flexibility index (Phi) is 6.73. The molecule has 4 aliphatic heterocycles. The second kappa shape index (κ2) is 10.5. The van der Waals surface area contributed by atoms with Crippen LogP contribution in [0.15, 0.2) is 42.5 Å². The summed E-state index contributed by atoms with van der Waals surface area (Å²) in [5.41, 5.74) is 2.08. The maximum Gasteiger partial charge on any atom is 0.319 e. The maximum absolute atomic E-state index is 17.0. The maximum atomic E-state index is 17.0. The molecule has 1 aromatic heterocycles. The Morgan fingerprint density at radius 2 is 1.88 bits per heavy atom. The minimum atomic E-state index is -0.857. The fourth-order valence-electron chi connectivity index (χ4n) is 8.25. The van der Waals surface area contributed by atoms with E-state index in [4.69, 9.17) is 26.3 Å². The molecule has 2 bridgehead atoms. The molecule has 4 saturated heterocycles. The molecule has 2 unspecified atom stereocenters. The monoisotopic (exact) mass is 603 g/mol. The van der Waals surface area contributed by atoms with Gasteiger partial charge in [0, 0.05) is 49.1 Å². The Hall–Kier alpha value is -3.07. The number of piperazine rings is 1. The molecule has 8 rings (SSSR count). The zero-order chi connectivity index (χ0) is 29.3. The molecule has 0 aliphatic carbocycles. The molecule has 0 amide bonds. The number of hydrogen-bond acceptors (Lipinski definition) is 6. The number of anilines is 1. The van der Waals surface area contributed by atoms with Crippen molar-refractivity contribution in [2.45, 2.75) is 69.2 Å². The molecule has 4 aromatic rings. The molecule has 0 spiro atoms. The number of hydrogen-bond donors (Lipinski definition) is 1. The van der Waals surface area contributed by atoms with Crippen LogP contribution in [0.25, 0.3) is 32.8 Å². The highest BCUT2D eigenvalue weighted by Crippen LogP contribution is 2.44. The third-order valence-electron chi connectivity index (χ3n) is 10.2. The van der Waals surface area contributed by atoms with Crippen LogP contribution in [0.2, 0.25) is 5.02 Å². The van der Waals surface area contributed by atoms with Crippen molar-refractivity contribution in [2.75, 3.05) is 37.7 Å². The smallest absolute Gasteiger partial charge is 0.319 e. The van der Waals surface area contributed by atoms with Gasteiger partial charge in [0.2, 0.25) is 0 Å². The van der Waals surface area contributed by atoms with E-state index >= 15 is 4.39 Å². The van der Waals surface area contributed by atoms with Gasteiger partial charge >= 0.3 is 6.01 Å². The number of rotatable bonds is 6. The predicted octanol–water partition coefficient (Wildman–Crippen LogP) is 6.70. The van der Waals surface area contributed by atoms with Crippen molar-refractivity contribution in [3.63, 3.8) is 0 Å². The molecular weight excluding hydrogens is 568 g/mol. The van der Waals surface area contributed by atoms with E-state index in [2.05, 4.69) is 28.1 Å². The molecule has 5 heterocycles. The van der Waals surface area contributed by atoms with Gasteiger partial charge in [0.25, 0.3) is 0 Å². The van der Waals surface area contributed by atoms with Gasteiger partial charge in [-0.2, -0.15) is 9.97 Å². The van der Waals surface area contributed by atoms with Gasteiger partial charge in [-0.05, 0) is 66.6 Å². The van der Waals surface area contributed by atoms with Crippen molar-refractivity contribution < 1.29 is 13.5 Å². The third-order valence-corrected chi connectivity index (χ3v) is 10.5. The second-order valence-corrected chi connectivity index (χ2v) is 13.3. The average Bonchev–Trinajstić information content (AvgIpc) is 3.65. The summed E-state index contributed by atoms with van der Waals surface area (Å²) >= 11 is 6.98. The summed E-state index contributed by atoms with van der Waals surface area (Å²) in [5, 5.41) is 6.63. The standard InChI is InChI=1S/C34H36ClF2N5O/c1-2-20-6-3-7-21-8-4-9-25(28(20)21)29-27(35)14-26-31(30(29)37)39-33(40-32(26)41-17-23-10-11-24(18-41)38-23)43-19-34-12-5-13-42(34)16-22(36)15-34/h3-4,6-9,14,22-24,38H,2,5,10-13,15-19H2,1H3/t22-,23?,24?,34+/m1/s1. The lowest BCUT2D eigenvalue weighted by molar-refractivity contribution is 0.107. The molecule has 9 heteroatoms. The van der Waals surface area contributed by atoms with Crippen LogP contribution in [0, 0.1) is 5.82 Å². The van der Waals surface area contributed by atoms with Gasteiger partial charge in [-0.1, -0.05) is 54.9 Å². The number of aryl methyl sites for hydroxylation is 1. The lowest BCUT2D eigenvalue weighted by atomic mass is 9.92. The topological polar surface area (TPSA) is 53.5 Å². The van der Waals surface area contributed by atoms with Gasteiger partial charge in [0.15, 0.2) is 5.82 Å². The Morgan fingerprint density at radius 1 is 1.09 bits per heavy atom. The van der Waals surface area contributed by atoms with Gasteiger partial charge in [0.05, 0.1) is 10.6 Å². The van der Waals surface area contributed by atoms with Crippen LogP contribution in [-0.4, -0.2) is 71.4 Å². The van der Waals surface area contributed by atoms with Gasteiger partial charge in [-0.25, -0.2) is 8.78 Å². The number of alkyl halides is 1. The SMILES string of the molecule is CCc1cccc2cccc(-c3c(Cl)cc4c(N5CC6CCC(C5)N6)nc(OC[C@@]56CCCN5C[C@H](F)C6)nc4c3F)c12. The Balaban J connectivity index is 1.28. The Bertz CT molecular complexity index is 1720. The van der Waals surface area contributed by atoms with Gasteiger partial charge < -0.3 is 15.0 Å². The quantitative estimate of drug-likeness (QED) is 0.265. The van der Waals surface area contributed by atoms with Gasteiger partial charge in [-0.3, -0.25) is 4.90 Å². The first-order valence-corrected chi connectivity index (χ1v) is 16.0. The van der Waals surface area contributed by atoms with Crippen molar-refractivity contribution in [3.8, 4) is 17.1 Å². The van der Waals surface area contributed by atoms with Crippen molar-refractivity contribution in [3.05, 3.63) is 58.9 Å². The minimum absolute atomic E-state index is 0.135. The number of nitrogens with zero attached hydrogens (tertiary/aromatic N) is 4. The molecule has 0 radical (unpaired) electrons. The molecular formula is C34H36ClF2N5O. The van der Waals surface area contributed by atoms with E-state index < -0.39 is 12.0 Å². The van der Waals surface area contributed by atoms with Gasteiger partial charge in [0.1, 0.15) is 24.1 Å². The number of aromatic nitrogens is 2. The molecule has 6 nitrogen and oxygen atoms in total. The zero-order valence-corrected chi connectivity index (χ0v) is 25.1. The Labute approximate surface area is 255 Å². The molecule has 0 saturated carbocycles. The van der Waals surface area contributed by atoms with E-state index in [9.17, 15) is 4.39 Å². The molecule has 4 atom stereocenters. The van der Waals surface area contributed by atoms with E-state index in [1.54, 1.807) is 0 Å². The molecule has 224 valence electrons. The largest absolute Gasteiger partial charge is 0.461 e. The minimum Gasteiger partial charge on any atom is -0.461 e. The van der Waals surface area contributed by atoms with Crippen LogP contribution in [0.5, 0.6) is 6.01 Å². The molecule has 1 N–H and O–H groups in total. The second-order valence-electron chi connectivity index (χ2n) is 12.9. The van der Waals surface area contributed by atoms with E-state index in [0.29, 0.717) is 46.8 Å². The van der Waals surface area contributed by atoms with Crippen LogP contribution < -0.4 is 15.0 Å². The molecule has 4 aliphatic rings. The summed E-state index contributed by atoms with van der Waals surface area (Å²) in [6, 6.07) is 14.8. The number of ether oxygens (including phenoxy) is 1. The highest BCUT2D eigenvalue weighted by Gasteiger charge is 2.49. The summed E-state index contributed by atoms with van der Waals surface area (Å²) in [6.07, 6.45) is 4.52. The first kappa shape index (κ1) is 27.5. The van der Waals surface area contributed by atoms with Crippen molar-refractivity contribution in [2.24, 2.45) is 0 Å². The number of nitrogens with one attached hydrogen (secondary N) is 1. The van der Waals surface area contributed by atoms with Crippen LogP contribution in [0.4, 0.5) is 14.6 Å². The summed E-state index contributed by atoms with van der Waals surface area (Å²) in [7, 11) is 0. The molecule has 3 aromatic carbocycles. The molecule has 4 fully saturated rings. The van der Waals surface area contributed by atoms with Crippen LogP contribution in [0.3, 0.4) is 0 Å². The van der Waals surface area contributed by atoms with Crippen molar-refractivity contribution in [1.29, 1.82) is 0 Å². The van der Waals surface area contributed by atoms with Crippen molar-refractivity contribution in [1.82, 2.24) is 20.2 Å². The van der Waals surface area contributed by atoms with E-state index in [1.807, 2.05) is 36.4 Å². The van der Waals surface area contributed by atoms with E-state index in [0.717, 1.165) is 73.6 Å². The zero-order valence-electron chi connectivity index (χ0n) is 24.4. The van der Waals surface area contributed by atoms with E-state index in [-0.39, 0.29) is 23.7 Å². The lowest BCUT2D eigenvalue weighted by Crippen LogP contribution is -2.51. The van der Waals surface area contributed by atoms with Crippen molar-refractivity contribution >= 4 is 39.1 Å². The number of halogens is 3. The molecule has 43 heavy (non-hydrogen) atoms. The Morgan fingerprint density at radius 3 is 2.67 bits per heavy atom. The van der Waals surface area contributed by atoms with Crippen LogP contribution in [0.1, 0.15) is 44.6 Å². The summed E-state index contributed by atoms with van der Waals surface area (Å²) in [5.74, 6) is 0.173. The first-order chi connectivity index (χ1) is 20.9. The average molecular weight is 604 g/mol. The highest BCUT2D eigenvalue weighted by atomic mass is 35.5. The summed E-state index contributed by atoms with van der Waals surface area (Å²) in [6.45, 7) is 5.25.